The Balaban J connectivity index is 3.66. The molecule has 328 valence electrons. The molecule has 0 amide bonds. The summed E-state index contributed by atoms with van der Waals surface area (Å²) in [6.45, 7) is 45.2. The first-order chi connectivity index (χ1) is 25.9. The molecule has 0 aliphatic heterocycles. The van der Waals surface area contributed by atoms with E-state index in [4.69, 9.17) is 23.1 Å². The Hall–Kier alpha value is -1.72. The zero-order valence-electron chi connectivity index (χ0n) is 40.3. The van der Waals surface area contributed by atoms with Crippen LogP contribution in [0.4, 0.5) is 0 Å². The van der Waals surface area contributed by atoms with E-state index in [-0.39, 0.29) is 40.1 Å². The van der Waals surface area contributed by atoms with Gasteiger partial charge in [-0.1, -0.05) is 127 Å². The number of aliphatic hydroxyl groups is 1. The summed E-state index contributed by atoms with van der Waals surface area (Å²) in [7, 11) is -4.57. The Kier molecular flexibility index (Phi) is 20.8. The molecule has 10 heteroatoms. The molecule has 7 nitrogen and oxygen atoms in total. The molecule has 0 aromatic heterocycles. The number of rotatable bonds is 21. The van der Waals surface area contributed by atoms with Gasteiger partial charge in [0.15, 0.2) is 22.7 Å². The molecular formula is C47H86O7Si3. The average Bonchev–Trinajstić information content (AvgIpc) is 3.06. The predicted octanol–water partition coefficient (Wildman–Crippen LogP) is 12.5. The van der Waals surface area contributed by atoms with Crippen molar-refractivity contribution in [2.24, 2.45) is 11.8 Å². The fourth-order valence-electron chi connectivity index (χ4n) is 7.50. The molecule has 1 rings (SSSR count). The first kappa shape index (κ1) is 53.3. The van der Waals surface area contributed by atoms with E-state index in [1.807, 2.05) is 37.3 Å². The highest BCUT2D eigenvalue weighted by Crippen LogP contribution is 2.42. The van der Waals surface area contributed by atoms with Gasteiger partial charge >= 0.3 is 5.97 Å². The van der Waals surface area contributed by atoms with Crippen molar-refractivity contribution in [3.63, 3.8) is 0 Å². The van der Waals surface area contributed by atoms with Crippen LogP contribution >= 0.6 is 0 Å². The van der Waals surface area contributed by atoms with Gasteiger partial charge in [0.2, 0.25) is 0 Å². The third kappa shape index (κ3) is 15.7. The van der Waals surface area contributed by atoms with Gasteiger partial charge in [-0.05, 0) is 83.9 Å². The number of carbonyl (C=O) groups is 1. The molecule has 0 saturated carbocycles. The van der Waals surface area contributed by atoms with Crippen molar-refractivity contribution in [2.45, 2.75) is 208 Å². The van der Waals surface area contributed by atoms with Crippen LogP contribution in [0, 0.1) is 23.3 Å². The molecule has 0 bridgehead atoms. The van der Waals surface area contributed by atoms with E-state index >= 15 is 0 Å². The van der Waals surface area contributed by atoms with E-state index in [0.29, 0.717) is 36.3 Å². The Morgan fingerprint density at radius 1 is 0.807 bits per heavy atom. The number of hydrogen-bond acceptors (Lipinski definition) is 7. The smallest absolute Gasteiger partial charge is 0.303 e. The molecular weight excluding hydrogens is 761 g/mol. The first-order valence-electron chi connectivity index (χ1n) is 21.5. The van der Waals surface area contributed by atoms with E-state index in [2.05, 4.69) is 135 Å². The van der Waals surface area contributed by atoms with Crippen LogP contribution in [-0.4, -0.2) is 73.9 Å². The minimum Gasteiger partial charge on any atom is -0.497 e. The number of carbonyl (C=O) groups excluding carboxylic acids is 1. The first-order valence-corrected chi connectivity index (χ1v) is 29.6. The summed E-state index contributed by atoms with van der Waals surface area (Å²) in [5, 5.41) is 12.1. The third-order valence-electron chi connectivity index (χ3n) is 13.3. The molecule has 0 radical (unpaired) electrons. The highest BCUT2D eigenvalue weighted by atomic mass is 28.4. The lowest BCUT2D eigenvalue weighted by Gasteiger charge is -2.44. The van der Waals surface area contributed by atoms with Crippen molar-refractivity contribution in [2.75, 3.05) is 13.7 Å². The van der Waals surface area contributed by atoms with E-state index in [1.54, 1.807) is 7.11 Å². The summed E-state index contributed by atoms with van der Waals surface area (Å²) >= 11 is 0. The topological polar surface area (TPSA) is 83.5 Å². The van der Waals surface area contributed by atoms with Crippen molar-refractivity contribution in [3.8, 4) is 17.2 Å². The Morgan fingerprint density at radius 2 is 1.32 bits per heavy atom. The standard InChI is InChI=1S/C47H86O7Si3/c1-33(2)57(34(3)4,35(5)6)29-27-42(53-39(10)48)30-36(7)31-43(49)37(8)45(51-32-40-22-24-41(50-17)25-23-40)38(9)44(54-56(20,21)47(14,15)16)26-28-52-55(18,19)46(11,12)13/h22-25,31,33-35,37-38,42-45,49H,26,28,30,32H2,1-21H3/b36-31+/t37-,38-,42+,43-,44+,45+/m1/s1. The number of benzene rings is 1. The molecule has 0 aliphatic rings. The average molecular weight is 847 g/mol. The van der Waals surface area contributed by atoms with Crippen LogP contribution in [-0.2, 0) is 29.7 Å². The highest BCUT2D eigenvalue weighted by Gasteiger charge is 2.44. The number of ether oxygens (including phenoxy) is 3. The molecule has 0 fully saturated rings. The van der Waals surface area contributed by atoms with Crippen molar-refractivity contribution in [3.05, 3.63) is 41.5 Å². The maximum absolute atomic E-state index is 12.3. The monoisotopic (exact) mass is 847 g/mol. The van der Waals surface area contributed by atoms with Crippen molar-refractivity contribution >= 4 is 30.7 Å². The number of methoxy groups -OCH3 is 1. The van der Waals surface area contributed by atoms with Crippen LogP contribution in [0.1, 0.15) is 129 Å². The second kappa shape index (κ2) is 22.2. The minimum atomic E-state index is -2.21. The quantitative estimate of drug-likeness (QED) is 0.0571. The van der Waals surface area contributed by atoms with Crippen molar-refractivity contribution < 1.29 is 33.0 Å². The largest absolute Gasteiger partial charge is 0.497 e. The van der Waals surface area contributed by atoms with Gasteiger partial charge in [0.25, 0.3) is 0 Å². The van der Waals surface area contributed by atoms with E-state index in [1.165, 1.54) is 6.92 Å². The summed E-state index contributed by atoms with van der Waals surface area (Å²) in [4.78, 5) is 12.3. The van der Waals surface area contributed by atoms with Gasteiger partial charge in [-0.25, -0.2) is 0 Å². The lowest BCUT2D eigenvalue weighted by molar-refractivity contribution is -0.143. The Morgan fingerprint density at radius 3 is 1.75 bits per heavy atom. The van der Waals surface area contributed by atoms with E-state index < -0.39 is 36.9 Å². The fourth-order valence-corrected chi connectivity index (χ4v) is 15.3. The molecule has 1 N–H and O–H groups in total. The number of aliphatic hydroxyl groups excluding tert-OH is 1. The van der Waals surface area contributed by atoms with Crippen LogP contribution in [0.15, 0.2) is 35.9 Å². The zero-order chi connectivity index (χ0) is 44.3. The predicted molar refractivity (Wildman–Crippen MR) is 248 cm³/mol. The van der Waals surface area contributed by atoms with Crippen LogP contribution in [0.25, 0.3) is 0 Å². The van der Waals surface area contributed by atoms with E-state index in [0.717, 1.165) is 23.3 Å². The summed E-state index contributed by atoms with van der Waals surface area (Å²) in [6, 6.07) is 7.94. The molecule has 0 spiro atoms. The van der Waals surface area contributed by atoms with Crippen molar-refractivity contribution in [1.29, 1.82) is 0 Å². The molecule has 6 atom stereocenters. The van der Waals surface area contributed by atoms with Gasteiger partial charge in [0, 0.05) is 31.8 Å². The minimum absolute atomic E-state index is 0.0126. The normalized spacial score (nSPS) is 16.8. The second-order valence-corrected chi connectivity index (χ2v) is 35.8. The molecule has 57 heavy (non-hydrogen) atoms. The summed E-state index contributed by atoms with van der Waals surface area (Å²) in [5.41, 5.74) is 7.06. The van der Waals surface area contributed by atoms with Gasteiger partial charge < -0.3 is 28.2 Å². The fraction of sp³-hybridized carbons (Fsp3) is 0.766. The SMILES string of the molecule is COc1ccc(CO[C@@H]([C@H](C)[C@H](O)/C=C(\C)C[C@H](C#C[Si](C(C)C)(C(C)C)C(C)C)OC(C)=O)[C@H](C)[C@H](CCO[Si](C)(C)C(C)(C)C)O[Si](C)(C)C(C)(C)C)cc1. The van der Waals surface area contributed by atoms with Crippen LogP contribution < -0.4 is 4.74 Å². The van der Waals surface area contributed by atoms with Crippen LogP contribution in [0.2, 0.25) is 52.9 Å². The molecule has 0 unspecified atom stereocenters. The lowest BCUT2D eigenvalue weighted by Crippen LogP contribution is -2.50. The highest BCUT2D eigenvalue weighted by molar-refractivity contribution is 6.90. The maximum atomic E-state index is 12.3. The van der Waals surface area contributed by atoms with Crippen molar-refractivity contribution in [1.82, 2.24) is 0 Å². The third-order valence-corrected chi connectivity index (χ3v) is 28.6. The molecule has 0 saturated heterocycles. The van der Waals surface area contributed by atoms with Crippen LogP contribution in [0.3, 0.4) is 0 Å². The van der Waals surface area contributed by atoms with Gasteiger partial charge in [-0.2, -0.15) is 0 Å². The van der Waals surface area contributed by atoms with Gasteiger partial charge in [0.05, 0.1) is 32.0 Å². The van der Waals surface area contributed by atoms with Gasteiger partial charge in [0.1, 0.15) is 13.8 Å². The lowest BCUT2D eigenvalue weighted by atomic mass is 9.84. The maximum Gasteiger partial charge on any atom is 0.303 e. The summed E-state index contributed by atoms with van der Waals surface area (Å²) < 4.78 is 32.1. The van der Waals surface area contributed by atoms with Gasteiger partial charge in [-0.15, -0.1) is 5.54 Å². The molecule has 1 aromatic rings. The van der Waals surface area contributed by atoms with Gasteiger partial charge in [-0.3, -0.25) is 4.79 Å². The van der Waals surface area contributed by atoms with E-state index in [9.17, 15) is 9.90 Å². The zero-order valence-corrected chi connectivity index (χ0v) is 43.3. The Labute approximate surface area is 354 Å². The molecule has 1 aromatic carbocycles. The molecule has 0 aliphatic carbocycles. The summed E-state index contributed by atoms with van der Waals surface area (Å²) in [5.74, 6) is 3.51. The Bertz CT molecular complexity index is 1440. The second-order valence-electron chi connectivity index (χ2n) is 20.6. The summed E-state index contributed by atoms with van der Waals surface area (Å²) in [6.07, 6.45) is 1.14. The number of hydrogen-bond donors (Lipinski definition) is 1. The number of esters is 1. The van der Waals surface area contributed by atoms with Crippen LogP contribution in [0.5, 0.6) is 5.75 Å². The molecule has 0 heterocycles.